The van der Waals surface area contributed by atoms with Gasteiger partial charge in [-0.1, -0.05) is 36.4 Å². The van der Waals surface area contributed by atoms with E-state index >= 15 is 0 Å². The molecule has 1 aromatic heterocycles. The van der Waals surface area contributed by atoms with Crippen LogP contribution in [0.2, 0.25) is 0 Å². The first-order valence-corrected chi connectivity index (χ1v) is 6.22. The van der Waals surface area contributed by atoms with Crippen LogP contribution in [0.15, 0.2) is 54.6 Å². The summed E-state index contributed by atoms with van der Waals surface area (Å²) in [6, 6.07) is 14.4. The minimum atomic E-state index is -0.921. The van der Waals surface area contributed by atoms with Crippen LogP contribution in [0.4, 0.5) is 8.78 Å². The van der Waals surface area contributed by atoms with Crippen molar-refractivity contribution < 1.29 is 8.78 Å². The van der Waals surface area contributed by atoms with Crippen LogP contribution in [0.25, 0.3) is 10.9 Å². The van der Waals surface area contributed by atoms with Gasteiger partial charge in [-0.05, 0) is 18.2 Å². The maximum Gasteiger partial charge on any atom is 0.163 e. The van der Waals surface area contributed by atoms with Gasteiger partial charge in [-0.3, -0.25) is 4.98 Å². The number of aromatic nitrogens is 1. The second-order valence-electron chi connectivity index (χ2n) is 4.55. The molecule has 0 aliphatic rings. The second-order valence-corrected chi connectivity index (χ2v) is 4.55. The molecule has 1 heterocycles. The molecule has 100 valence electrons. The Balaban J connectivity index is 2.08. The Bertz CT molecular complexity index is 771. The third kappa shape index (κ3) is 2.14. The molecule has 2 nitrogen and oxygen atoms in total. The fourth-order valence-electron chi connectivity index (χ4n) is 2.18. The molecule has 1 atom stereocenters. The summed E-state index contributed by atoms with van der Waals surface area (Å²) in [7, 11) is 0. The van der Waals surface area contributed by atoms with E-state index in [1.807, 2.05) is 30.3 Å². The van der Waals surface area contributed by atoms with Crippen molar-refractivity contribution >= 4 is 10.9 Å². The van der Waals surface area contributed by atoms with Crippen molar-refractivity contribution in [3.63, 3.8) is 0 Å². The van der Waals surface area contributed by atoms with E-state index in [0.717, 1.165) is 17.0 Å². The molecule has 0 saturated carbocycles. The number of nitrogens with zero attached hydrogens (tertiary/aromatic N) is 1. The number of para-hydroxylation sites is 1. The van der Waals surface area contributed by atoms with Gasteiger partial charge in [-0.15, -0.1) is 0 Å². The van der Waals surface area contributed by atoms with Crippen LogP contribution in [0.5, 0.6) is 0 Å². The third-order valence-electron chi connectivity index (χ3n) is 3.26. The van der Waals surface area contributed by atoms with E-state index in [1.54, 1.807) is 6.07 Å². The van der Waals surface area contributed by atoms with Crippen molar-refractivity contribution in [1.82, 2.24) is 4.98 Å². The quantitative estimate of drug-likeness (QED) is 0.773. The van der Waals surface area contributed by atoms with Gasteiger partial charge in [0, 0.05) is 10.9 Å². The molecule has 1 unspecified atom stereocenters. The molecular weight excluding hydrogens is 258 g/mol. The molecule has 20 heavy (non-hydrogen) atoms. The molecule has 2 aromatic carbocycles. The van der Waals surface area contributed by atoms with Crippen molar-refractivity contribution in [2.45, 2.75) is 6.04 Å². The van der Waals surface area contributed by atoms with Crippen LogP contribution in [-0.4, -0.2) is 4.98 Å². The second kappa shape index (κ2) is 4.98. The summed E-state index contributed by atoms with van der Waals surface area (Å²) >= 11 is 0. The zero-order chi connectivity index (χ0) is 14.1. The van der Waals surface area contributed by atoms with Gasteiger partial charge in [-0.25, -0.2) is 8.78 Å². The molecule has 0 aliphatic heterocycles. The lowest BCUT2D eigenvalue weighted by molar-refractivity contribution is 0.494. The predicted molar refractivity (Wildman–Crippen MR) is 74.1 cm³/mol. The highest BCUT2D eigenvalue weighted by atomic mass is 19.2. The number of halogens is 2. The minimum absolute atomic E-state index is 0.104. The van der Waals surface area contributed by atoms with Crippen LogP contribution in [-0.2, 0) is 0 Å². The number of benzene rings is 2. The monoisotopic (exact) mass is 270 g/mol. The van der Waals surface area contributed by atoms with Gasteiger partial charge in [0.1, 0.15) is 0 Å². The van der Waals surface area contributed by atoms with E-state index in [0.29, 0.717) is 5.69 Å². The molecule has 3 rings (SSSR count). The van der Waals surface area contributed by atoms with Crippen LogP contribution < -0.4 is 5.73 Å². The molecule has 0 bridgehead atoms. The Labute approximate surface area is 114 Å². The van der Waals surface area contributed by atoms with Gasteiger partial charge in [0.2, 0.25) is 0 Å². The number of nitrogens with two attached hydrogens (primary N) is 1. The molecule has 0 fully saturated rings. The molecule has 3 aromatic rings. The van der Waals surface area contributed by atoms with Crippen LogP contribution in [0.1, 0.15) is 17.3 Å². The summed E-state index contributed by atoms with van der Waals surface area (Å²) in [6.45, 7) is 0. The average molecular weight is 270 g/mol. The summed E-state index contributed by atoms with van der Waals surface area (Å²) < 4.78 is 27.0. The Morgan fingerprint density at radius 2 is 1.70 bits per heavy atom. The SMILES string of the molecule is NC(c1ccc2ccccc2n1)c1cccc(F)c1F. The number of fused-ring (bicyclic) bond motifs is 1. The van der Waals surface area contributed by atoms with Gasteiger partial charge in [0.15, 0.2) is 11.6 Å². The maximum atomic E-state index is 13.8. The fraction of sp³-hybridized carbons (Fsp3) is 0.0625. The fourth-order valence-corrected chi connectivity index (χ4v) is 2.18. The lowest BCUT2D eigenvalue weighted by Gasteiger charge is -2.13. The summed E-state index contributed by atoms with van der Waals surface area (Å²) in [5.74, 6) is -1.83. The first-order chi connectivity index (χ1) is 9.66. The van der Waals surface area contributed by atoms with Crippen molar-refractivity contribution in [1.29, 1.82) is 0 Å². The van der Waals surface area contributed by atoms with E-state index in [2.05, 4.69) is 4.98 Å². The Morgan fingerprint density at radius 1 is 0.900 bits per heavy atom. The van der Waals surface area contributed by atoms with Crippen molar-refractivity contribution in [3.05, 3.63) is 77.5 Å². The van der Waals surface area contributed by atoms with Crippen molar-refractivity contribution in [3.8, 4) is 0 Å². The van der Waals surface area contributed by atoms with Gasteiger partial charge in [0.05, 0.1) is 17.3 Å². The largest absolute Gasteiger partial charge is 0.319 e. The molecule has 0 saturated heterocycles. The average Bonchev–Trinajstić information content (AvgIpc) is 2.49. The van der Waals surface area contributed by atoms with E-state index < -0.39 is 17.7 Å². The molecular formula is C16H12F2N2. The molecule has 0 amide bonds. The summed E-state index contributed by atoms with van der Waals surface area (Å²) in [5.41, 5.74) is 7.40. The van der Waals surface area contributed by atoms with E-state index in [4.69, 9.17) is 5.73 Å². The van der Waals surface area contributed by atoms with Crippen molar-refractivity contribution in [2.24, 2.45) is 5.73 Å². The molecule has 4 heteroatoms. The van der Waals surface area contributed by atoms with Gasteiger partial charge >= 0.3 is 0 Å². The number of rotatable bonds is 2. The number of pyridine rings is 1. The van der Waals surface area contributed by atoms with Gasteiger partial charge in [0.25, 0.3) is 0 Å². The normalized spacial score (nSPS) is 12.6. The smallest absolute Gasteiger partial charge is 0.163 e. The summed E-state index contributed by atoms with van der Waals surface area (Å²) in [5, 5.41) is 0.975. The van der Waals surface area contributed by atoms with Crippen molar-refractivity contribution in [2.75, 3.05) is 0 Å². The standard InChI is InChI=1S/C16H12F2N2/c17-12-6-3-5-11(15(12)18)16(19)14-9-8-10-4-1-2-7-13(10)20-14/h1-9,16H,19H2. The number of hydrogen-bond acceptors (Lipinski definition) is 2. The zero-order valence-corrected chi connectivity index (χ0v) is 10.6. The Kier molecular flexibility index (Phi) is 3.16. The van der Waals surface area contributed by atoms with Crippen LogP contribution >= 0.6 is 0 Å². The topological polar surface area (TPSA) is 38.9 Å². The maximum absolute atomic E-state index is 13.8. The summed E-state index contributed by atoms with van der Waals surface area (Å²) in [4.78, 5) is 4.41. The van der Waals surface area contributed by atoms with Gasteiger partial charge < -0.3 is 5.73 Å². The molecule has 0 aliphatic carbocycles. The molecule has 0 spiro atoms. The van der Waals surface area contributed by atoms with Gasteiger partial charge in [-0.2, -0.15) is 0 Å². The predicted octanol–water partition coefficient (Wildman–Crippen LogP) is 3.56. The van der Waals surface area contributed by atoms with E-state index in [9.17, 15) is 8.78 Å². The van der Waals surface area contributed by atoms with E-state index in [1.165, 1.54) is 12.1 Å². The third-order valence-corrected chi connectivity index (χ3v) is 3.26. The Morgan fingerprint density at radius 3 is 2.55 bits per heavy atom. The van der Waals surface area contributed by atoms with Crippen LogP contribution in [0, 0.1) is 11.6 Å². The first kappa shape index (κ1) is 12.7. The first-order valence-electron chi connectivity index (χ1n) is 6.22. The lowest BCUT2D eigenvalue weighted by Crippen LogP contribution is -2.15. The summed E-state index contributed by atoms with van der Waals surface area (Å²) in [6.07, 6.45) is 0. The highest BCUT2D eigenvalue weighted by Gasteiger charge is 2.17. The zero-order valence-electron chi connectivity index (χ0n) is 10.6. The number of hydrogen-bond donors (Lipinski definition) is 1. The molecule has 2 N–H and O–H groups in total. The van der Waals surface area contributed by atoms with Crippen LogP contribution in [0.3, 0.4) is 0 Å². The Hall–Kier alpha value is -2.33. The molecule has 0 radical (unpaired) electrons. The highest BCUT2D eigenvalue weighted by molar-refractivity contribution is 5.78. The van der Waals surface area contributed by atoms with E-state index in [-0.39, 0.29) is 5.56 Å². The lowest BCUT2D eigenvalue weighted by atomic mass is 10.0. The minimum Gasteiger partial charge on any atom is -0.319 e. The highest BCUT2D eigenvalue weighted by Crippen LogP contribution is 2.24.